The molecular formula is C23H26Cl2N4O4. The molecule has 4 amide bonds. The van der Waals surface area contributed by atoms with E-state index >= 15 is 0 Å². The van der Waals surface area contributed by atoms with Crippen LogP contribution in [0.2, 0.25) is 10.0 Å². The van der Waals surface area contributed by atoms with Gasteiger partial charge in [0.05, 0.1) is 21.2 Å². The molecular weight excluding hydrogens is 467 g/mol. The molecule has 0 fully saturated rings. The average molecular weight is 493 g/mol. The van der Waals surface area contributed by atoms with Crippen LogP contribution >= 0.6 is 23.2 Å². The molecule has 0 radical (unpaired) electrons. The minimum absolute atomic E-state index is 0.275. The number of benzene rings is 2. The van der Waals surface area contributed by atoms with Gasteiger partial charge in [-0.15, -0.1) is 0 Å². The quantitative estimate of drug-likeness (QED) is 0.296. The highest BCUT2D eigenvalue weighted by Crippen LogP contribution is 2.15. The van der Waals surface area contributed by atoms with E-state index in [0.717, 1.165) is 19.3 Å². The summed E-state index contributed by atoms with van der Waals surface area (Å²) in [6, 6.07) is 13.1. The molecule has 0 spiro atoms. The lowest BCUT2D eigenvalue weighted by molar-refractivity contribution is -0.122. The molecule has 10 heteroatoms. The summed E-state index contributed by atoms with van der Waals surface area (Å²) < 4.78 is 0. The fourth-order valence-corrected chi connectivity index (χ4v) is 3.35. The predicted molar refractivity (Wildman–Crippen MR) is 126 cm³/mol. The third-order valence-corrected chi connectivity index (χ3v) is 5.33. The number of nitrogens with one attached hydrogen (secondary N) is 4. The normalized spacial score (nSPS) is 10.2. The highest BCUT2D eigenvalue weighted by Gasteiger charge is 2.11. The highest BCUT2D eigenvalue weighted by molar-refractivity contribution is 6.34. The molecule has 0 saturated heterocycles. The number of amides is 4. The van der Waals surface area contributed by atoms with Crippen LogP contribution in [0.4, 0.5) is 0 Å². The number of hydrogen-bond acceptors (Lipinski definition) is 4. The zero-order valence-corrected chi connectivity index (χ0v) is 19.5. The van der Waals surface area contributed by atoms with E-state index in [4.69, 9.17) is 23.2 Å². The predicted octanol–water partition coefficient (Wildman–Crippen LogP) is 3.95. The maximum absolute atomic E-state index is 12.0. The molecule has 0 aromatic heterocycles. The first-order valence-electron chi connectivity index (χ1n) is 10.6. The molecule has 33 heavy (non-hydrogen) atoms. The van der Waals surface area contributed by atoms with E-state index in [1.807, 2.05) is 0 Å². The maximum atomic E-state index is 12.0. The topological polar surface area (TPSA) is 116 Å². The molecule has 4 N–H and O–H groups in total. The number of carbonyl (C=O) groups excluding carboxylic acids is 4. The SMILES string of the molecule is O=C(CCCCCCCC(=O)NNC(=O)c1ccccc1Cl)NNC(=O)c1ccccc1Cl. The second kappa shape index (κ2) is 14.1. The molecule has 0 aliphatic rings. The zero-order chi connectivity index (χ0) is 24.1. The van der Waals surface area contributed by atoms with Crippen molar-refractivity contribution in [2.24, 2.45) is 0 Å². The molecule has 0 unspecified atom stereocenters. The van der Waals surface area contributed by atoms with Gasteiger partial charge in [-0.3, -0.25) is 40.9 Å². The summed E-state index contributed by atoms with van der Waals surface area (Å²) in [5.41, 5.74) is 9.99. The minimum atomic E-state index is -0.477. The van der Waals surface area contributed by atoms with Gasteiger partial charge in [-0.2, -0.15) is 0 Å². The van der Waals surface area contributed by atoms with Gasteiger partial charge >= 0.3 is 0 Å². The van der Waals surface area contributed by atoms with Gasteiger partial charge in [0.1, 0.15) is 0 Å². The minimum Gasteiger partial charge on any atom is -0.273 e. The van der Waals surface area contributed by atoms with Gasteiger partial charge in [0.2, 0.25) is 11.8 Å². The fourth-order valence-electron chi connectivity index (χ4n) is 2.90. The molecule has 0 bridgehead atoms. The molecule has 0 aliphatic carbocycles. The highest BCUT2D eigenvalue weighted by atomic mass is 35.5. The van der Waals surface area contributed by atoms with Gasteiger partial charge in [-0.25, -0.2) is 0 Å². The Morgan fingerprint density at radius 1 is 0.545 bits per heavy atom. The fraction of sp³-hybridized carbons (Fsp3) is 0.304. The van der Waals surface area contributed by atoms with E-state index in [1.165, 1.54) is 0 Å². The molecule has 176 valence electrons. The first-order chi connectivity index (χ1) is 15.9. The van der Waals surface area contributed by atoms with Crippen LogP contribution < -0.4 is 21.7 Å². The van der Waals surface area contributed by atoms with E-state index in [0.29, 0.717) is 22.9 Å². The van der Waals surface area contributed by atoms with Crippen molar-refractivity contribution < 1.29 is 19.2 Å². The van der Waals surface area contributed by atoms with Crippen molar-refractivity contribution in [2.75, 3.05) is 0 Å². The van der Waals surface area contributed by atoms with Crippen LogP contribution in [0.5, 0.6) is 0 Å². The van der Waals surface area contributed by atoms with E-state index in [2.05, 4.69) is 21.7 Å². The summed E-state index contributed by atoms with van der Waals surface area (Å²) in [5.74, 6) is -1.53. The van der Waals surface area contributed by atoms with E-state index in [1.54, 1.807) is 48.5 Å². The molecule has 2 aromatic rings. The Labute approximate surface area is 202 Å². The summed E-state index contributed by atoms with van der Waals surface area (Å²) >= 11 is 11.9. The van der Waals surface area contributed by atoms with E-state index < -0.39 is 11.8 Å². The summed E-state index contributed by atoms with van der Waals surface area (Å²) in [7, 11) is 0. The number of hydrazine groups is 2. The van der Waals surface area contributed by atoms with Gasteiger partial charge in [0.15, 0.2) is 0 Å². The lowest BCUT2D eigenvalue weighted by Crippen LogP contribution is -2.41. The van der Waals surface area contributed by atoms with Gasteiger partial charge in [0, 0.05) is 12.8 Å². The van der Waals surface area contributed by atoms with Gasteiger partial charge in [-0.05, 0) is 37.1 Å². The standard InChI is InChI=1S/C23H26Cl2N4O4/c24-18-12-8-6-10-16(18)22(32)28-26-20(30)14-4-2-1-3-5-15-21(31)27-29-23(33)17-11-7-9-13-19(17)25/h6-13H,1-5,14-15H2,(H,26,30)(H,27,31)(H,28,32)(H,29,33). The van der Waals surface area contributed by atoms with Crippen molar-refractivity contribution in [3.63, 3.8) is 0 Å². The van der Waals surface area contributed by atoms with Gasteiger partial charge in [-0.1, -0.05) is 66.7 Å². The Morgan fingerprint density at radius 2 is 0.909 bits per heavy atom. The second-order valence-corrected chi connectivity index (χ2v) is 8.05. The van der Waals surface area contributed by atoms with Crippen molar-refractivity contribution >= 4 is 46.8 Å². The van der Waals surface area contributed by atoms with Crippen molar-refractivity contribution in [3.05, 3.63) is 69.7 Å². The lowest BCUT2D eigenvalue weighted by atomic mass is 10.1. The molecule has 0 aliphatic heterocycles. The number of rotatable bonds is 10. The van der Waals surface area contributed by atoms with Crippen LogP contribution in [0.1, 0.15) is 65.7 Å². The second-order valence-electron chi connectivity index (χ2n) is 7.23. The number of hydrogen-bond donors (Lipinski definition) is 4. The lowest BCUT2D eigenvalue weighted by Gasteiger charge is -2.09. The van der Waals surface area contributed by atoms with Crippen molar-refractivity contribution in [1.29, 1.82) is 0 Å². The molecule has 0 saturated carbocycles. The first kappa shape index (κ1) is 26.2. The zero-order valence-electron chi connectivity index (χ0n) is 18.0. The summed E-state index contributed by atoms with van der Waals surface area (Å²) in [6.07, 6.45) is 4.36. The Kier molecular flexibility index (Phi) is 11.2. The van der Waals surface area contributed by atoms with Crippen LogP contribution in [-0.2, 0) is 9.59 Å². The third-order valence-electron chi connectivity index (χ3n) is 4.68. The Morgan fingerprint density at radius 3 is 1.30 bits per heavy atom. The van der Waals surface area contributed by atoms with Crippen LogP contribution in [0.25, 0.3) is 0 Å². The van der Waals surface area contributed by atoms with E-state index in [9.17, 15) is 19.2 Å². The molecule has 2 rings (SSSR count). The van der Waals surface area contributed by atoms with Crippen molar-refractivity contribution in [1.82, 2.24) is 21.7 Å². The number of halogens is 2. The molecule has 0 atom stereocenters. The monoisotopic (exact) mass is 492 g/mol. The van der Waals surface area contributed by atoms with Crippen molar-refractivity contribution in [2.45, 2.75) is 44.9 Å². The van der Waals surface area contributed by atoms with E-state index in [-0.39, 0.29) is 35.8 Å². The Hall–Kier alpha value is -3.10. The van der Waals surface area contributed by atoms with Crippen LogP contribution in [0, 0.1) is 0 Å². The Balaban J connectivity index is 1.49. The van der Waals surface area contributed by atoms with Gasteiger partial charge in [0.25, 0.3) is 11.8 Å². The molecule has 0 heterocycles. The summed E-state index contributed by atoms with van der Waals surface area (Å²) in [5, 5.41) is 0.613. The van der Waals surface area contributed by atoms with Crippen molar-refractivity contribution in [3.8, 4) is 0 Å². The molecule has 8 nitrogen and oxygen atoms in total. The summed E-state index contributed by atoms with van der Waals surface area (Å²) in [4.78, 5) is 47.6. The van der Waals surface area contributed by atoms with Crippen LogP contribution in [0.3, 0.4) is 0 Å². The largest absolute Gasteiger partial charge is 0.273 e. The average Bonchev–Trinajstić information content (AvgIpc) is 2.81. The number of unbranched alkanes of at least 4 members (excludes halogenated alkanes) is 4. The smallest absolute Gasteiger partial charge is 0.271 e. The molecule has 2 aromatic carbocycles. The Bertz CT molecular complexity index is 907. The van der Waals surface area contributed by atoms with Crippen LogP contribution in [-0.4, -0.2) is 23.6 Å². The number of carbonyl (C=O) groups is 4. The van der Waals surface area contributed by atoms with Gasteiger partial charge < -0.3 is 0 Å². The first-order valence-corrected chi connectivity index (χ1v) is 11.3. The summed E-state index contributed by atoms with van der Waals surface area (Å²) in [6.45, 7) is 0. The maximum Gasteiger partial charge on any atom is 0.271 e. The van der Waals surface area contributed by atoms with Crippen LogP contribution in [0.15, 0.2) is 48.5 Å². The third kappa shape index (κ3) is 9.51.